The first-order chi connectivity index (χ1) is 20.7. The number of hydrogen-bond acceptors (Lipinski definition) is 5. The minimum atomic E-state index is -4.86. The molecule has 0 fully saturated rings. The number of benzene rings is 2. The number of para-hydroxylation sites is 1. The molecular formula is C30H27F6N5O3. The van der Waals surface area contributed by atoms with Gasteiger partial charge in [-0.25, -0.2) is 4.99 Å². The van der Waals surface area contributed by atoms with Crippen molar-refractivity contribution in [1.82, 2.24) is 10.3 Å². The Labute approximate surface area is 248 Å². The van der Waals surface area contributed by atoms with Crippen molar-refractivity contribution >= 4 is 34.8 Å². The van der Waals surface area contributed by atoms with Gasteiger partial charge in [-0.15, -0.1) is 0 Å². The molecule has 1 aromatic heterocycles. The van der Waals surface area contributed by atoms with Crippen molar-refractivity contribution in [3.8, 4) is 0 Å². The van der Waals surface area contributed by atoms with Crippen molar-refractivity contribution in [3.63, 3.8) is 0 Å². The van der Waals surface area contributed by atoms with E-state index in [1.54, 1.807) is 66.7 Å². The van der Waals surface area contributed by atoms with Crippen LogP contribution < -0.4 is 16.0 Å². The van der Waals surface area contributed by atoms with E-state index in [1.165, 1.54) is 17.3 Å². The maximum atomic E-state index is 14.1. The third-order valence-electron chi connectivity index (χ3n) is 7.10. The summed E-state index contributed by atoms with van der Waals surface area (Å²) in [5.41, 5.74) is 4.47. The number of rotatable bonds is 10. The molecule has 0 saturated heterocycles. The number of aromatic nitrogens is 1. The van der Waals surface area contributed by atoms with Gasteiger partial charge >= 0.3 is 12.4 Å². The zero-order chi connectivity index (χ0) is 32.1. The van der Waals surface area contributed by atoms with Crippen LogP contribution >= 0.6 is 0 Å². The molecule has 0 bridgehead atoms. The van der Waals surface area contributed by atoms with Crippen LogP contribution in [-0.2, 0) is 14.4 Å². The van der Waals surface area contributed by atoms with Crippen molar-refractivity contribution in [2.45, 2.75) is 50.6 Å². The van der Waals surface area contributed by atoms with Gasteiger partial charge in [-0.2, -0.15) is 26.3 Å². The summed E-state index contributed by atoms with van der Waals surface area (Å²) in [6, 6.07) is 18.2. The summed E-state index contributed by atoms with van der Waals surface area (Å²) in [5.74, 6) is -3.55. The lowest BCUT2D eigenvalue weighted by molar-refractivity contribution is -0.160. The van der Waals surface area contributed by atoms with Crippen LogP contribution in [0.15, 0.2) is 84.1 Å². The van der Waals surface area contributed by atoms with Gasteiger partial charge in [-0.1, -0.05) is 48.5 Å². The highest BCUT2D eigenvalue weighted by atomic mass is 19.4. The number of fused-ring (bicyclic) bond motifs is 1. The van der Waals surface area contributed by atoms with E-state index in [2.05, 4.69) is 15.3 Å². The van der Waals surface area contributed by atoms with Crippen molar-refractivity contribution < 1.29 is 40.7 Å². The van der Waals surface area contributed by atoms with Crippen LogP contribution in [0.2, 0.25) is 0 Å². The molecule has 232 valence electrons. The van der Waals surface area contributed by atoms with Crippen molar-refractivity contribution in [3.05, 3.63) is 90.3 Å². The number of carbonyl (C=O) groups is 3. The molecule has 3 amide bonds. The number of nitrogens with one attached hydrogen (secondary N) is 1. The summed E-state index contributed by atoms with van der Waals surface area (Å²) in [6.45, 7) is 0. The number of anilines is 2. The normalized spacial score (nSPS) is 15.7. The molecule has 8 nitrogen and oxygen atoms in total. The van der Waals surface area contributed by atoms with Gasteiger partial charge in [0.25, 0.3) is 5.91 Å². The number of hydrogen-bond donors (Lipinski definition) is 2. The standard InChI is InChI=1S/C30H27F6N5O3/c31-29(32,33)14-12-28(17-23(37)42,13-15-30(34,35)36)27(44)40-25-26(43)41(20-9-6-16-38-18-20)22-11-5-4-10-21(22)24(39-25)19-7-2-1-3-8-19/h1-11,16,18,25H,12-15,17H2,(H2,37,42)(H,40,44)/t25-/m1/s1. The van der Waals surface area contributed by atoms with Gasteiger partial charge in [0.15, 0.2) is 0 Å². The van der Waals surface area contributed by atoms with Crippen LogP contribution in [0.1, 0.15) is 43.2 Å². The molecule has 44 heavy (non-hydrogen) atoms. The van der Waals surface area contributed by atoms with E-state index in [0.29, 0.717) is 16.8 Å². The number of aliphatic imine (C=N–C) groups is 1. The van der Waals surface area contributed by atoms with Crippen LogP contribution in [0.5, 0.6) is 0 Å². The topological polar surface area (TPSA) is 118 Å². The lowest BCUT2D eigenvalue weighted by Gasteiger charge is -2.34. The van der Waals surface area contributed by atoms with Gasteiger partial charge in [0.05, 0.1) is 28.7 Å². The Morgan fingerprint density at radius 1 is 0.841 bits per heavy atom. The lowest BCUT2D eigenvalue weighted by atomic mass is 9.74. The maximum absolute atomic E-state index is 14.1. The highest BCUT2D eigenvalue weighted by molar-refractivity contribution is 6.21. The maximum Gasteiger partial charge on any atom is 0.389 e. The van der Waals surface area contributed by atoms with Crippen LogP contribution in [0, 0.1) is 5.41 Å². The fourth-order valence-corrected chi connectivity index (χ4v) is 5.02. The molecule has 3 N–H and O–H groups in total. The number of halogens is 6. The van der Waals surface area contributed by atoms with Gasteiger partial charge in [0, 0.05) is 36.6 Å². The second-order valence-electron chi connectivity index (χ2n) is 10.3. The predicted octanol–water partition coefficient (Wildman–Crippen LogP) is 5.59. The first-order valence-electron chi connectivity index (χ1n) is 13.4. The predicted molar refractivity (Wildman–Crippen MR) is 149 cm³/mol. The number of pyridine rings is 1. The van der Waals surface area contributed by atoms with Crippen molar-refractivity contribution in [2.24, 2.45) is 16.1 Å². The SMILES string of the molecule is NC(=O)CC(CCC(F)(F)F)(CCC(F)(F)F)C(=O)N[C@H]1N=C(c2ccccc2)c2ccccc2N(c2cccnc2)C1=O. The Hall–Kier alpha value is -4.75. The van der Waals surface area contributed by atoms with E-state index in [-0.39, 0.29) is 11.4 Å². The van der Waals surface area contributed by atoms with E-state index in [0.717, 1.165) is 0 Å². The molecule has 1 aliphatic heterocycles. The second-order valence-corrected chi connectivity index (χ2v) is 10.3. The summed E-state index contributed by atoms with van der Waals surface area (Å²) in [4.78, 5) is 49.7. The van der Waals surface area contributed by atoms with Crippen molar-refractivity contribution in [2.75, 3.05) is 4.90 Å². The first-order valence-corrected chi connectivity index (χ1v) is 13.4. The van der Waals surface area contributed by atoms with Crippen LogP contribution in [0.25, 0.3) is 0 Å². The Morgan fingerprint density at radius 3 is 2.02 bits per heavy atom. The average molecular weight is 620 g/mol. The molecule has 0 saturated carbocycles. The molecule has 2 heterocycles. The molecule has 3 aromatic rings. The Bertz CT molecular complexity index is 1510. The number of nitrogens with zero attached hydrogens (tertiary/aromatic N) is 3. The van der Waals surface area contributed by atoms with Crippen molar-refractivity contribution in [1.29, 1.82) is 0 Å². The Morgan fingerprint density at radius 2 is 1.45 bits per heavy atom. The number of carbonyl (C=O) groups excluding carboxylic acids is 3. The van der Waals surface area contributed by atoms with E-state index in [9.17, 15) is 40.7 Å². The third kappa shape index (κ3) is 7.79. The number of primary amides is 1. The lowest BCUT2D eigenvalue weighted by Crippen LogP contribution is -2.52. The quantitative estimate of drug-likeness (QED) is 0.288. The number of benzodiazepines with no additional fused rings is 1. The summed E-state index contributed by atoms with van der Waals surface area (Å²) >= 11 is 0. The molecule has 2 aromatic carbocycles. The summed E-state index contributed by atoms with van der Waals surface area (Å²) in [5, 5.41) is 2.28. The third-order valence-corrected chi connectivity index (χ3v) is 7.10. The average Bonchev–Trinajstić information content (AvgIpc) is 3.08. The molecule has 0 aliphatic carbocycles. The van der Waals surface area contributed by atoms with Crippen LogP contribution in [-0.4, -0.2) is 46.9 Å². The largest absolute Gasteiger partial charge is 0.389 e. The second kappa shape index (κ2) is 12.9. The first kappa shape index (κ1) is 32.2. The molecule has 14 heteroatoms. The van der Waals surface area contributed by atoms with Crippen LogP contribution in [0.4, 0.5) is 37.7 Å². The van der Waals surface area contributed by atoms with Gasteiger partial charge in [0.1, 0.15) is 0 Å². The Kier molecular flexibility index (Phi) is 9.40. The van der Waals surface area contributed by atoms with Crippen LogP contribution in [0.3, 0.4) is 0 Å². The monoisotopic (exact) mass is 619 g/mol. The zero-order valence-corrected chi connectivity index (χ0v) is 23.0. The minimum Gasteiger partial charge on any atom is -0.370 e. The molecule has 1 aliphatic rings. The number of alkyl halides is 6. The van der Waals surface area contributed by atoms with E-state index < -0.39 is 73.8 Å². The van der Waals surface area contributed by atoms with E-state index >= 15 is 0 Å². The fourth-order valence-electron chi connectivity index (χ4n) is 5.02. The number of amides is 3. The summed E-state index contributed by atoms with van der Waals surface area (Å²) in [6.07, 6.45) is -15.5. The highest BCUT2D eigenvalue weighted by Crippen LogP contribution is 2.41. The number of nitrogens with two attached hydrogens (primary N) is 1. The Balaban J connectivity index is 1.85. The molecule has 0 spiro atoms. The summed E-state index contributed by atoms with van der Waals surface area (Å²) in [7, 11) is 0. The fraction of sp³-hybridized carbons (Fsp3) is 0.300. The van der Waals surface area contributed by atoms with Gasteiger partial charge in [-0.3, -0.25) is 24.3 Å². The van der Waals surface area contributed by atoms with Gasteiger partial charge in [0.2, 0.25) is 18.0 Å². The van der Waals surface area contributed by atoms with E-state index in [1.807, 2.05) is 0 Å². The van der Waals surface area contributed by atoms with Gasteiger partial charge in [-0.05, 0) is 31.0 Å². The van der Waals surface area contributed by atoms with E-state index in [4.69, 9.17) is 5.73 Å². The molecular weight excluding hydrogens is 592 g/mol. The molecule has 0 unspecified atom stereocenters. The minimum absolute atomic E-state index is 0.220. The summed E-state index contributed by atoms with van der Waals surface area (Å²) < 4.78 is 79.8. The van der Waals surface area contributed by atoms with Gasteiger partial charge < -0.3 is 11.1 Å². The molecule has 4 rings (SSSR count). The molecule has 1 atom stereocenters. The molecule has 0 radical (unpaired) electrons. The zero-order valence-electron chi connectivity index (χ0n) is 23.0. The highest BCUT2D eigenvalue weighted by Gasteiger charge is 2.47. The smallest absolute Gasteiger partial charge is 0.370 e.